The summed E-state index contributed by atoms with van der Waals surface area (Å²) in [7, 11) is 0. The van der Waals surface area contributed by atoms with Gasteiger partial charge in [0.1, 0.15) is 11.0 Å². The van der Waals surface area contributed by atoms with Crippen LogP contribution in [0.4, 0.5) is 0 Å². The van der Waals surface area contributed by atoms with E-state index in [1.165, 1.54) is 4.90 Å². The van der Waals surface area contributed by atoms with Gasteiger partial charge < -0.3 is 9.64 Å². The summed E-state index contributed by atoms with van der Waals surface area (Å²) in [6.07, 6.45) is 2.26. The number of ether oxygens (including phenoxy) is 1. The van der Waals surface area contributed by atoms with Crippen molar-refractivity contribution < 1.29 is 14.3 Å². The largest absolute Gasteiger partial charge is 0.460 e. The highest BCUT2D eigenvalue weighted by Crippen LogP contribution is 2.39. The molecule has 1 aliphatic rings. The number of esters is 1. The Bertz CT molecular complexity index is 566. The Morgan fingerprint density at radius 1 is 1.35 bits per heavy atom. The Morgan fingerprint density at radius 3 is 2.57 bits per heavy atom. The Kier molecular flexibility index (Phi) is 6.03. The van der Waals surface area contributed by atoms with Crippen LogP contribution in [0.15, 0.2) is 29.2 Å². The van der Waals surface area contributed by atoms with E-state index < -0.39 is 5.60 Å². The van der Waals surface area contributed by atoms with Crippen molar-refractivity contribution >= 4 is 35.4 Å². The van der Waals surface area contributed by atoms with Crippen LogP contribution in [0.1, 0.15) is 38.1 Å². The summed E-state index contributed by atoms with van der Waals surface area (Å²) in [5.74, 6) is 0.277. The number of carbonyl (C=O) groups excluding carboxylic acids is 2. The zero-order chi connectivity index (χ0) is 17.0. The number of hydrogen-bond acceptors (Lipinski definition) is 5. The molecule has 0 radical (unpaired) electrons. The van der Waals surface area contributed by atoms with E-state index in [2.05, 4.69) is 24.3 Å². The summed E-state index contributed by atoms with van der Waals surface area (Å²) in [5.41, 5.74) is 0.608. The number of amides is 1. The molecular formula is C17H23NO3S2. The van der Waals surface area contributed by atoms with Crippen LogP contribution in [0.5, 0.6) is 0 Å². The van der Waals surface area contributed by atoms with Gasteiger partial charge >= 0.3 is 5.97 Å². The molecule has 6 heteroatoms. The second-order valence-corrected chi connectivity index (χ2v) is 8.31. The monoisotopic (exact) mass is 353 g/mol. The van der Waals surface area contributed by atoms with Crippen molar-refractivity contribution in [2.75, 3.05) is 18.6 Å². The van der Waals surface area contributed by atoms with E-state index >= 15 is 0 Å². The molecule has 1 aromatic carbocycles. The maximum Gasteiger partial charge on any atom is 0.308 e. The maximum absolute atomic E-state index is 12.1. The number of nitrogens with zero attached hydrogens (tertiary/aromatic N) is 1. The van der Waals surface area contributed by atoms with E-state index in [0.717, 1.165) is 5.56 Å². The highest BCUT2D eigenvalue weighted by atomic mass is 32.2. The van der Waals surface area contributed by atoms with Gasteiger partial charge in [0.25, 0.3) is 0 Å². The smallest absolute Gasteiger partial charge is 0.308 e. The van der Waals surface area contributed by atoms with Gasteiger partial charge in [-0.05, 0) is 44.7 Å². The van der Waals surface area contributed by atoms with Crippen LogP contribution in [-0.2, 0) is 14.3 Å². The second-order valence-electron chi connectivity index (χ2n) is 6.36. The average molecular weight is 354 g/mol. The molecule has 1 atom stereocenters. The molecule has 4 nitrogen and oxygen atoms in total. The number of thioether (sulfide) groups is 2. The fourth-order valence-corrected chi connectivity index (χ4v) is 3.97. The molecule has 1 heterocycles. The quantitative estimate of drug-likeness (QED) is 0.596. The highest BCUT2D eigenvalue weighted by Gasteiger charge is 2.33. The number of benzene rings is 1. The van der Waals surface area contributed by atoms with Gasteiger partial charge in [0.15, 0.2) is 0 Å². The third kappa shape index (κ3) is 5.18. The van der Waals surface area contributed by atoms with Crippen molar-refractivity contribution in [1.82, 2.24) is 4.90 Å². The summed E-state index contributed by atoms with van der Waals surface area (Å²) in [4.78, 5) is 27.0. The van der Waals surface area contributed by atoms with Crippen LogP contribution in [-0.4, -0.2) is 40.9 Å². The zero-order valence-electron chi connectivity index (χ0n) is 14.0. The van der Waals surface area contributed by atoms with Crippen LogP contribution in [0, 0.1) is 0 Å². The van der Waals surface area contributed by atoms with E-state index in [-0.39, 0.29) is 23.7 Å². The van der Waals surface area contributed by atoms with Gasteiger partial charge in [0.2, 0.25) is 5.91 Å². The van der Waals surface area contributed by atoms with Crippen LogP contribution in [0.2, 0.25) is 0 Å². The molecule has 1 aromatic rings. The van der Waals surface area contributed by atoms with Gasteiger partial charge in [-0.3, -0.25) is 9.59 Å². The van der Waals surface area contributed by atoms with Crippen molar-refractivity contribution in [3.63, 3.8) is 0 Å². The molecule has 1 aliphatic heterocycles. The lowest BCUT2D eigenvalue weighted by Crippen LogP contribution is -2.32. The number of rotatable bonds is 5. The van der Waals surface area contributed by atoms with Crippen molar-refractivity contribution in [3.8, 4) is 0 Å². The fourth-order valence-electron chi connectivity index (χ4n) is 2.34. The SMILES string of the molecule is CSc1ccc(C2SCC(=O)N2CCC(=O)OC(C)(C)C)cc1. The van der Waals surface area contributed by atoms with E-state index in [9.17, 15) is 9.59 Å². The maximum atomic E-state index is 12.1. The molecule has 0 aliphatic carbocycles. The number of hydrogen-bond donors (Lipinski definition) is 0. The lowest BCUT2D eigenvalue weighted by atomic mass is 10.2. The minimum absolute atomic E-state index is 0.0131. The summed E-state index contributed by atoms with van der Waals surface area (Å²) >= 11 is 3.30. The standard InChI is InChI=1S/C17H23NO3S2/c1-17(2,3)21-15(20)9-10-18-14(19)11-23-16(18)12-5-7-13(22-4)8-6-12/h5-8,16H,9-11H2,1-4H3. The Morgan fingerprint density at radius 2 is 2.00 bits per heavy atom. The molecule has 2 rings (SSSR count). The normalized spacial score (nSPS) is 18.3. The molecule has 1 fully saturated rings. The third-order valence-electron chi connectivity index (χ3n) is 3.35. The van der Waals surface area contributed by atoms with Crippen LogP contribution in [0.25, 0.3) is 0 Å². The van der Waals surface area contributed by atoms with Crippen molar-refractivity contribution in [3.05, 3.63) is 29.8 Å². The molecule has 0 aromatic heterocycles. The topological polar surface area (TPSA) is 46.6 Å². The first-order valence-corrected chi connectivity index (χ1v) is 9.84. The predicted molar refractivity (Wildman–Crippen MR) is 95.6 cm³/mol. The second kappa shape index (κ2) is 7.62. The van der Waals surface area contributed by atoms with E-state index in [1.807, 2.05) is 27.0 Å². The first-order valence-electron chi connectivity index (χ1n) is 7.57. The molecule has 0 spiro atoms. The highest BCUT2D eigenvalue weighted by molar-refractivity contribution is 8.00. The Labute approximate surface area is 146 Å². The van der Waals surface area contributed by atoms with E-state index in [4.69, 9.17) is 4.74 Å². The minimum Gasteiger partial charge on any atom is -0.460 e. The first-order chi connectivity index (χ1) is 10.8. The molecule has 0 bridgehead atoms. The molecular weight excluding hydrogens is 330 g/mol. The van der Waals surface area contributed by atoms with Crippen LogP contribution >= 0.6 is 23.5 Å². The summed E-state index contributed by atoms with van der Waals surface area (Å²) < 4.78 is 5.32. The van der Waals surface area contributed by atoms with Crippen molar-refractivity contribution in [2.45, 2.75) is 43.1 Å². The van der Waals surface area contributed by atoms with Gasteiger partial charge in [-0.15, -0.1) is 23.5 Å². The van der Waals surface area contributed by atoms with Gasteiger partial charge in [-0.25, -0.2) is 0 Å². The molecule has 126 valence electrons. The molecule has 23 heavy (non-hydrogen) atoms. The fraction of sp³-hybridized carbons (Fsp3) is 0.529. The lowest BCUT2D eigenvalue weighted by molar-refractivity contribution is -0.155. The summed E-state index contributed by atoms with van der Waals surface area (Å²) in [6.45, 7) is 5.93. The van der Waals surface area contributed by atoms with Gasteiger partial charge in [-0.1, -0.05) is 12.1 Å². The Balaban J connectivity index is 2.00. The third-order valence-corrected chi connectivity index (χ3v) is 5.35. The van der Waals surface area contributed by atoms with Gasteiger partial charge in [-0.2, -0.15) is 0 Å². The average Bonchev–Trinajstić information content (AvgIpc) is 2.84. The molecule has 1 unspecified atom stereocenters. The molecule has 1 amide bonds. The Hall–Kier alpha value is -1.14. The van der Waals surface area contributed by atoms with Crippen LogP contribution < -0.4 is 0 Å². The molecule has 1 saturated heterocycles. The van der Waals surface area contributed by atoms with Gasteiger partial charge in [0, 0.05) is 11.4 Å². The van der Waals surface area contributed by atoms with Gasteiger partial charge in [0.05, 0.1) is 12.2 Å². The molecule has 0 saturated carbocycles. The summed E-state index contributed by atoms with van der Waals surface area (Å²) in [5, 5.41) is -0.0131. The van der Waals surface area contributed by atoms with E-state index in [1.54, 1.807) is 28.4 Å². The number of carbonyl (C=O) groups is 2. The van der Waals surface area contributed by atoms with Crippen molar-refractivity contribution in [1.29, 1.82) is 0 Å². The van der Waals surface area contributed by atoms with Crippen LogP contribution in [0.3, 0.4) is 0 Å². The first kappa shape index (κ1) is 18.2. The minimum atomic E-state index is -0.492. The molecule has 0 N–H and O–H groups in total. The van der Waals surface area contributed by atoms with E-state index in [0.29, 0.717) is 12.3 Å². The van der Waals surface area contributed by atoms with Crippen molar-refractivity contribution in [2.24, 2.45) is 0 Å². The zero-order valence-corrected chi connectivity index (χ0v) is 15.6. The lowest BCUT2D eigenvalue weighted by Gasteiger charge is -2.25. The summed E-state index contributed by atoms with van der Waals surface area (Å²) in [6, 6.07) is 8.25. The predicted octanol–water partition coefficient (Wildman–Crippen LogP) is 3.71.